The summed E-state index contributed by atoms with van der Waals surface area (Å²) >= 11 is 0. The number of hydrogen-bond acceptors (Lipinski definition) is 4. The summed E-state index contributed by atoms with van der Waals surface area (Å²) in [5.41, 5.74) is 5.43. The van der Waals surface area contributed by atoms with E-state index in [9.17, 15) is 8.42 Å². The highest BCUT2D eigenvalue weighted by molar-refractivity contribution is 7.91. The first kappa shape index (κ1) is 12.9. The van der Waals surface area contributed by atoms with Crippen molar-refractivity contribution >= 4 is 9.84 Å². The summed E-state index contributed by atoms with van der Waals surface area (Å²) < 4.78 is 22.4. The lowest BCUT2D eigenvalue weighted by atomic mass is 9.85. The van der Waals surface area contributed by atoms with Crippen LogP contribution in [-0.2, 0) is 9.84 Å². The van der Waals surface area contributed by atoms with Gasteiger partial charge in [-0.05, 0) is 5.41 Å². The molecule has 0 radical (unpaired) electrons. The van der Waals surface area contributed by atoms with E-state index in [4.69, 9.17) is 10.8 Å². The molecule has 2 atom stereocenters. The normalized spacial score (nSPS) is 18.3. The van der Waals surface area contributed by atoms with E-state index in [0.29, 0.717) is 0 Å². The van der Waals surface area contributed by atoms with Gasteiger partial charge in [-0.15, -0.1) is 0 Å². The van der Waals surface area contributed by atoms with E-state index in [1.807, 2.05) is 20.8 Å². The van der Waals surface area contributed by atoms with E-state index >= 15 is 0 Å². The van der Waals surface area contributed by atoms with E-state index in [1.54, 1.807) is 0 Å². The average Bonchev–Trinajstić information content (AvgIpc) is 1.83. The smallest absolute Gasteiger partial charge is 0.154 e. The van der Waals surface area contributed by atoms with Crippen LogP contribution in [0.3, 0.4) is 0 Å². The molecule has 0 spiro atoms. The molecule has 0 unspecified atom stereocenters. The Hall–Kier alpha value is -0.130. The Morgan fingerprint density at radius 1 is 1.38 bits per heavy atom. The maximum Gasteiger partial charge on any atom is 0.154 e. The second-order valence-electron chi connectivity index (χ2n) is 4.44. The van der Waals surface area contributed by atoms with E-state index in [0.717, 1.165) is 6.26 Å². The van der Waals surface area contributed by atoms with Crippen LogP contribution in [-0.4, -0.2) is 37.7 Å². The Labute approximate surface area is 80.1 Å². The van der Waals surface area contributed by atoms with Crippen molar-refractivity contribution in [3.05, 3.63) is 0 Å². The lowest BCUT2D eigenvalue weighted by molar-refractivity contribution is 0.228. The number of hydrogen-bond donors (Lipinski definition) is 2. The molecule has 0 aromatic carbocycles. The third kappa shape index (κ3) is 3.62. The van der Waals surface area contributed by atoms with Crippen LogP contribution in [0, 0.1) is 5.41 Å². The van der Waals surface area contributed by atoms with Gasteiger partial charge in [0.25, 0.3) is 0 Å². The van der Waals surface area contributed by atoms with Crippen LogP contribution < -0.4 is 5.73 Å². The third-order valence-electron chi connectivity index (χ3n) is 2.13. The van der Waals surface area contributed by atoms with Gasteiger partial charge in [-0.2, -0.15) is 0 Å². The van der Waals surface area contributed by atoms with E-state index in [-0.39, 0.29) is 5.41 Å². The Morgan fingerprint density at radius 3 is 1.85 bits per heavy atom. The summed E-state index contributed by atoms with van der Waals surface area (Å²) in [6.45, 7) is 5.14. The van der Waals surface area contributed by atoms with Gasteiger partial charge < -0.3 is 10.8 Å². The van der Waals surface area contributed by atoms with Crippen molar-refractivity contribution in [1.82, 2.24) is 0 Å². The number of rotatable bonds is 3. The number of aliphatic hydroxyl groups excluding tert-OH is 1. The minimum absolute atomic E-state index is 0.323. The van der Waals surface area contributed by atoms with Crippen molar-refractivity contribution in [3.63, 3.8) is 0 Å². The summed E-state index contributed by atoms with van der Waals surface area (Å²) in [6, 6.07) is -0.549. The van der Waals surface area contributed by atoms with Gasteiger partial charge in [0.2, 0.25) is 0 Å². The topological polar surface area (TPSA) is 80.4 Å². The van der Waals surface area contributed by atoms with Gasteiger partial charge in [-0.25, -0.2) is 8.42 Å². The second-order valence-corrected chi connectivity index (χ2v) is 6.71. The molecule has 0 aromatic rings. The molecule has 0 bridgehead atoms. The SMILES string of the molecule is CC(C)(C)[C@H](N)[C@@H](CO)S(C)(=O)=O. The first-order valence-electron chi connectivity index (χ1n) is 4.16. The van der Waals surface area contributed by atoms with Crippen molar-refractivity contribution in [2.24, 2.45) is 11.1 Å². The Morgan fingerprint density at radius 2 is 1.77 bits per heavy atom. The van der Waals surface area contributed by atoms with E-state index in [2.05, 4.69) is 0 Å². The zero-order chi connectivity index (χ0) is 10.9. The quantitative estimate of drug-likeness (QED) is 0.672. The summed E-state index contributed by atoms with van der Waals surface area (Å²) in [7, 11) is -3.27. The molecule has 0 saturated heterocycles. The van der Waals surface area contributed by atoms with Gasteiger partial charge in [0.05, 0.1) is 11.9 Å². The fraction of sp³-hybridized carbons (Fsp3) is 1.00. The highest BCUT2D eigenvalue weighted by atomic mass is 32.2. The molecule has 0 aliphatic rings. The average molecular weight is 209 g/mol. The van der Waals surface area contributed by atoms with Crippen molar-refractivity contribution in [2.45, 2.75) is 32.1 Å². The van der Waals surface area contributed by atoms with E-state index in [1.165, 1.54) is 0 Å². The fourth-order valence-corrected chi connectivity index (χ4v) is 2.28. The standard InChI is InChI=1S/C8H19NO3S/c1-8(2,3)7(9)6(5-10)13(4,11)12/h6-7,10H,5,9H2,1-4H3/t6-,7-/m1/s1. The van der Waals surface area contributed by atoms with Crippen molar-refractivity contribution in [2.75, 3.05) is 12.9 Å². The first-order valence-corrected chi connectivity index (χ1v) is 6.11. The summed E-state index contributed by atoms with van der Waals surface area (Å²) in [6.07, 6.45) is 1.10. The maximum atomic E-state index is 11.2. The molecule has 3 N–H and O–H groups in total. The highest BCUT2D eigenvalue weighted by Gasteiger charge is 2.34. The van der Waals surface area contributed by atoms with Crippen LogP contribution >= 0.6 is 0 Å². The molecule has 0 aromatic heterocycles. The molecule has 80 valence electrons. The molecule has 0 fully saturated rings. The van der Waals surface area contributed by atoms with Gasteiger partial charge in [-0.1, -0.05) is 20.8 Å². The zero-order valence-corrected chi connectivity index (χ0v) is 9.43. The van der Waals surface area contributed by atoms with Crippen molar-refractivity contribution in [3.8, 4) is 0 Å². The predicted molar refractivity (Wildman–Crippen MR) is 53.1 cm³/mol. The molecule has 0 saturated carbocycles. The lowest BCUT2D eigenvalue weighted by Gasteiger charge is -2.32. The number of nitrogens with two attached hydrogens (primary N) is 1. The highest BCUT2D eigenvalue weighted by Crippen LogP contribution is 2.22. The Balaban J connectivity index is 4.82. The van der Waals surface area contributed by atoms with Crippen LogP contribution in [0.5, 0.6) is 0 Å². The maximum absolute atomic E-state index is 11.2. The minimum atomic E-state index is -3.27. The van der Waals surface area contributed by atoms with Crippen molar-refractivity contribution in [1.29, 1.82) is 0 Å². The molecule has 0 rings (SSSR count). The summed E-state index contributed by atoms with van der Waals surface area (Å²) in [5, 5.41) is 8.07. The number of aliphatic hydroxyl groups is 1. The number of sulfone groups is 1. The van der Waals surface area contributed by atoms with Gasteiger partial charge in [0.1, 0.15) is 0 Å². The molecular formula is C8H19NO3S. The van der Waals surface area contributed by atoms with E-state index < -0.39 is 27.7 Å². The van der Waals surface area contributed by atoms with Gasteiger partial charge in [0.15, 0.2) is 9.84 Å². The molecule has 0 amide bonds. The molecule has 0 aliphatic heterocycles. The van der Waals surface area contributed by atoms with Crippen LogP contribution in [0.1, 0.15) is 20.8 Å². The van der Waals surface area contributed by atoms with Gasteiger partial charge in [0, 0.05) is 12.3 Å². The lowest BCUT2D eigenvalue weighted by Crippen LogP contribution is -2.50. The molecule has 4 nitrogen and oxygen atoms in total. The van der Waals surface area contributed by atoms with Crippen LogP contribution in [0.4, 0.5) is 0 Å². The zero-order valence-electron chi connectivity index (χ0n) is 8.61. The van der Waals surface area contributed by atoms with Gasteiger partial charge in [-0.3, -0.25) is 0 Å². The third-order valence-corrected chi connectivity index (χ3v) is 3.67. The minimum Gasteiger partial charge on any atom is -0.395 e. The monoisotopic (exact) mass is 209 g/mol. The molecule has 0 heterocycles. The predicted octanol–water partition coefficient (Wildman–Crippen LogP) is -0.235. The molecular weight excluding hydrogens is 190 g/mol. The van der Waals surface area contributed by atoms with Crippen LogP contribution in [0.25, 0.3) is 0 Å². The largest absolute Gasteiger partial charge is 0.395 e. The fourth-order valence-electron chi connectivity index (χ4n) is 1.07. The second kappa shape index (κ2) is 3.94. The van der Waals surface area contributed by atoms with Crippen LogP contribution in [0.2, 0.25) is 0 Å². The van der Waals surface area contributed by atoms with Gasteiger partial charge >= 0.3 is 0 Å². The summed E-state index contributed by atoms with van der Waals surface area (Å²) in [4.78, 5) is 0. The Bertz CT molecular complexity index is 253. The van der Waals surface area contributed by atoms with Crippen LogP contribution in [0.15, 0.2) is 0 Å². The first-order chi connectivity index (χ1) is 5.60. The Kier molecular flexibility index (Phi) is 3.90. The molecule has 13 heavy (non-hydrogen) atoms. The summed E-state index contributed by atoms with van der Waals surface area (Å²) in [5.74, 6) is 0. The molecule has 0 aliphatic carbocycles. The molecule has 5 heteroatoms. The van der Waals surface area contributed by atoms with Crippen molar-refractivity contribution < 1.29 is 13.5 Å².